The van der Waals surface area contributed by atoms with E-state index >= 15 is 0 Å². The second-order valence-electron chi connectivity index (χ2n) is 5.18. The van der Waals surface area contributed by atoms with Crippen LogP contribution in [0, 0.1) is 19.7 Å². The zero-order chi connectivity index (χ0) is 16.6. The molecule has 0 unspecified atom stereocenters. The summed E-state index contributed by atoms with van der Waals surface area (Å²) < 4.78 is 20.3. The van der Waals surface area contributed by atoms with Crippen molar-refractivity contribution in [2.24, 2.45) is 0 Å². The second kappa shape index (κ2) is 5.68. The van der Waals surface area contributed by atoms with Gasteiger partial charge < -0.3 is 14.1 Å². The Hall–Kier alpha value is -2.96. The molecule has 0 saturated carbocycles. The Bertz CT molecular complexity index is 865. The van der Waals surface area contributed by atoms with Crippen molar-refractivity contribution in [1.82, 2.24) is 14.8 Å². The lowest BCUT2D eigenvalue weighted by molar-refractivity contribution is -0.137. The summed E-state index contributed by atoms with van der Waals surface area (Å²) in [5, 5.41) is 16.9. The van der Waals surface area contributed by atoms with Gasteiger partial charge in [-0.2, -0.15) is 0 Å². The van der Waals surface area contributed by atoms with Crippen LogP contribution in [0.15, 0.2) is 34.7 Å². The van der Waals surface area contributed by atoms with Gasteiger partial charge in [-0.05, 0) is 44.2 Å². The number of carbonyl (C=O) groups is 1. The van der Waals surface area contributed by atoms with Crippen LogP contribution in [0.1, 0.15) is 11.4 Å². The maximum absolute atomic E-state index is 13.0. The van der Waals surface area contributed by atoms with Gasteiger partial charge in [0.1, 0.15) is 12.4 Å². The zero-order valence-electron chi connectivity index (χ0n) is 12.6. The number of hydrogen-bond donors (Lipinski definition) is 1. The lowest BCUT2D eigenvalue weighted by Crippen LogP contribution is -2.11. The number of nitrogens with zero attached hydrogens (tertiary/aromatic N) is 3. The molecule has 0 amide bonds. The van der Waals surface area contributed by atoms with E-state index in [9.17, 15) is 9.18 Å². The predicted octanol–water partition coefficient (Wildman–Crippen LogP) is 3.05. The van der Waals surface area contributed by atoms with Gasteiger partial charge >= 0.3 is 5.97 Å². The Morgan fingerprint density at radius 1 is 1.22 bits per heavy atom. The van der Waals surface area contributed by atoms with Gasteiger partial charge in [0.05, 0.1) is 5.56 Å². The Balaban J connectivity index is 1.97. The summed E-state index contributed by atoms with van der Waals surface area (Å²) in [6, 6.07) is 7.55. The molecule has 1 aromatic carbocycles. The number of aryl methyl sites for hydroxylation is 1. The molecule has 6 nitrogen and oxygen atoms in total. The standard InChI is InChI=1S/C16H14FN3O3/c1-9-7-13(10(2)20(9)8-14(21)22)16-19-18-15(23-16)11-3-5-12(17)6-4-11/h3-7H,8H2,1-2H3,(H,21,22). The topological polar surface area (TPSA) is 81.2 Å². The Morgan fingerprint density at radius 2 is 1.87 bits per heavy atom. The summed E-state index contributed by atoms with van der Waals surface area (Å²) in [4.78, 5) is 10.9. The first kappa shape index (κ1) is 15.0. The average Bonchev–Trinajstić information content (AvgIpc) is 3.08. The molecule has 0 spiro atoms. The average molecular weight is 315 g/mol. The van der Waals surface area contributed by atoms with Crippen LogP contribution < -0.4 is 0 Å². The molecule has 3 rings (SSSR count). The first-order chi connectivity index (χ1) is 11.0. The van der Waals surface area contributed by atoms with Gasteiger partial charge in [0, 0.05) is 17.0 Å². The highest BCUT2D eigenvalue weighted by Crippen LogP contribution is 2.28. The highest BCUT2D eigenvalue weighted by atomic mass is 19.1. The molecule has 0 saturated heterocycles. The fourth-order valence-electron chi connectivity index (χ4n) is 2.44. The minimum absolute atomic E-state index is 0.128. The number of carboxylic acids is 1. The summed E-state index contributed by atoms with van der Waals surface area (Å²) in [7, 11) is 0. The van der Waals surface area contributed by atoms with Gasteiger partial charge in [-0.1, -0.05) is 0 Å². The first-order valence-corrected chi connectivity index (χ1v) is 6.94. The SMILES string of the molecule is Cc1cc(-c2nnc(-c3ccc(F)cc3)o2)c(C)n1CC(=O)O. The van der Waals surface area contributed by atoms with E-state index in [2.05, 4.69) is 10.2 Å². The molecule has 2 heterocycles. The zero-order valence-corrected chi connectivity index (χ0v) is 12.6. The van der Waals surface area contributed by atoms with Crippen molar-refractivity contribution in [3.63, 3.8) is 0 Å². The van der Waals surface area contributed by atoms with Crippen LogP contribution in [0.3, 0.4) is 0 Å². The molecule has 0 aliphatic heterocycles. The van der Waals surface area contributed by atoms with E-state index in [4.69, 9.17) is 9.52 Å². The number of carboxylic acid groups (broad SMARTS) is 1. The molecule has 0 bridgehead atoms. The van der Waals surface area contributed by atoms with Crippen LogP contribution in [-0.2, 0) is 11.3 Å². The lowest BCUT2D eigenvalue weighted by Gasteiger charge is -2.05. The summed E-state index contributed by atoms with van der Waals surface area (Å²) in [5.41, 5.74) is 2.83. The molecule has 0 radical (unpaired) electrons. The number of hydrogen-bond acceptors (Lipinski definition) is 4. The highest BCUT2D eigenvalue weighted by Gasteiger charge is 2.18. The minimum atomic E-state index is -0.920. The number of benzene rings is 1. The molecule has 0 aliphatic rings. The molecule has 7 heteroatoms. The van der Waals surface area contributed by atoms with Crippen LogP contribution in [0.5, 0.6) is 0 Å². The number of aliphatic carboxylic acids is 1. The van der Waals surface area contributed by atoms with E-state index in [0.29, 0.717) is 17.0 Å². The molecule has 0 fully saturated rings. The predicted molar refractivity (Wildman–Crippen MR) is 80.2 cm³/mol. The molecule has 0 aliphatic carbocycles. The van der Waals surface area contributed by atoms with Crippen molar-refractivity contribution in [3.05, 3.63) is 47.5 Å². The van der Waals surface area contributed by atoms with Gasteiger partial charge in [-0.15, -0.1) is 10.2 Å². The maximum atomic E-state index is 13.0. The van der Waals surface area contributed by atoms with Gasteiger partial charge in [0.2, 0.25) is 11.8 Å². The number of rotatable bonds is 4. The molecular formula is C16H14FN3O3. The van der Waals surface area contributed by atoms with Crippen LogP contribution in [-0.4, -0.2) is 25.8 Å². The summed E-state index contributed by atoms with van der Waals surface area (Å²) in [5.74, 6) is -0.682. The molecule has 1 N–H and O–H groups in total. The normalized spacial score (nSPS) is 10.9. The molecule has 118 valence electrons. The largest absolute Gasteiger partial charge is 0.480 e. The lowest BCUT2D eigenvalue weighted by atomic mass is 10.2. The van der Waals surface area contributed by atoms with Crippen LogP contribution >= 0.6 is 0 Å². The smallest absolute Gasteiger partial charge is 0.323 e. The number of aromatic nitrogens is 3. The number of halogens is 1. The van der Waals surface area contributed by atoms with Crippen molar-refractivity contribution in [1.29, 1.82) is 0 Å². The minimum Gasteiger partial charge on any atom is -0.480 e. The van der Waals surface area contributed by atoms with Crippen LogP contribution in [0.25, 0.3) is 22.9 Å². The van der Waals surface area contributed by atoms with E-state index in [1.807, 2.05) is 6.92 Å². The first-order valence-electron chi connectivity index (χ1n) is 6.94. The molecular weight excluding hydrogens is 301 g/mol. The van der Waals surface area contributed by atoms with Crippen molar-refractivity contribution in [2.45, 2.75) is 20.4 Å². The van der Waals surface area contributed by atoms with Gasteiger partial charge in [-0.3, -0.25) is 4.79 Å². The third-order valence-corrected chi connectivity index (χ3v) is 3.61. The fraction of sp³-hybridized carbons (Fsp3) is 0.188. The van der Waals surface area contributed by atoms with E-state index in [0.717, 1.165) is 11.4 Å². The molecule has 23 heavy (non-hydrogen) atoms. The summed E-state index contributed by atoms with van der Waals surface area (Å²) >= 11 is 0. The fourth-order valence-corrected chi connectivity index (χ4v) is 2.44. The van der Waals surface area contributed by atoms with Crippen molar-refractivity contribution in [2.75, 3.05) is 0 Å². The van der Waals surface area contributed by atoms with Gasteiger partial charge in [-0.25, -0.2) is 4.39 Å². The van der Waals surface area contributed by atoms with Gasteiger partial charge in [0.25, 0.3) is 0 Å². The molecule has 2 aromatic heterocycles. The quantitative estimate of drug-likeness (QED) is 0.800. The third-order valence-electron chi connectivity index (χ3n) is 3.61. The van der Waals surface area contributed by atoms with Crippen LogP contribution in [0.2, 0.25) is 0 Å². The molecule has 0 atom stereocenters. The van der Waals surface area contributed by atoms with Crippen molar-refractivity contribution < 1.29 is 18.7 Å². The van der Waals surface area contributed by atoms with Crippen molar-refractivity contribution in [3.8, 4) is 22.9 Å². The van der Waals surface area contributed by atoms with Gasteiger partial charge in [0.15, 0.2) is 0 Å². The van der Waals surface area contributed by atoms with E-state index < -0.39 is 5.97 Å². The maximum Gasteiger partial charge on any atom is 0.323 e. The molecule has 3 aromatic rings. The summed E-state index contributed by atoms with van der Waals surface area (Å²) in [6.07, 6.45) is 0. The van der Waals surface area contributed by atoms with Crippen LogP contribution in [0.4, 0.5) is 4.39 Å². The monoisotopic (exact) mass is 315 g/mol. The third kappa shape index (κ3) is 2.85. The Morgan fingerprint density at radius 3 is 2.52 bits per heavy atom. The van der Waals surface area contributed by atoms with E-state index in [-0.39, 0.29) is 18.3 Å². The Kier molecular flexibility index (Phi) is 3.69. The second-order valence-corrected chi connectivity index (χ2v) is 5.18. The van der Waals surface area contributed by atoms with E-state index in [1.54, 1.807) is 29.7 Å². The summed E-state index contributed by atoms with van der Waals surface area (Å²) in [6.45, 7) is 3.49. The highest BCUT2D eigenvalue weighted by molar-refractivity contribution is 5.68. The van der Waals surface area contributed by atoms with Crippen molar-refractivity contribution >= 4 is 5.97 Å². The van der Waals surface area contributed by atoms with E-state index in [1.165, 1.54) is 12.1 Å². The Labute approximate surface area is 131 Å².